The molecule has 0 aliphatic rings. The molecular formula is C19H17ClF3NO4. The first-order chi connectivity index (χ1) is 13.1. The first kappa shape index (κ1) is 21.6. The smallest absolute Gasteiger partial charge is 0.418 e. The number of benzene rings is 2. The Morgan fingerprint density at radius 1 is 1.07 bits per heavy atom. The number of anilines is 1. The lowest BCUT2D eigenvalue weighted by Gasteiger charge is -2.15. The Labute approximate surface area is 164 Å². The van der Waals surface area contributed by atoms with Gasteiger partial charge in [-0.05, 0) is 49.2 Å². The van der Waals surface area contributed by atoms with Crippen molar-refractivity contribution < 1.29 is 32.2 Å². The summed E-state index contributed by atoms with van der Waals surface area (Å²) in [6, 6.07) is 8.48. The van der Waals surface area contributed by atoms with Crippen molar-refractivity contribution in [3.8, 4) is 5.75 Å². The molecule has 0 aliphatic carbocycles. The monoisotopic (exact) mass is 415 g/mol. The molecule has 0 spiro atoms. The molecule has 28 heavy (non-hydrogen) atoms. The van der Waals surface area contributed by atoms with Crippen LogP contribution in [0.3, 0.4) is 0 Å². The predicted molar refractivity (Wildman–Crippen MR) is 97.5 cm³/mol. The van der Waals surface area contributed by atoms with Gasteiger partial charge in [0.1, 0.15) is 5.75 Å². The molecule has 1 amide bonds. The van der Waals surface area contributed by atoms with Crippen LogP contribution in [-0.4, -0.2) is 25.1 Å². The van der Waals surface area contributed by atoms with E-state index in [-0.39, 0.29) is 5.02 Å². The van der Waals surface area contributed by atoms with Gasteiger partial charge in [0.2, 0.25) is 0 Å². The van der Waals surface area contributed by atoms with Crippen molar-refractivity contribution in [3.63, 3.8) is 0 Å². The number of carbonyl (C=O) groups is 2. The summed E-state index contributed by atoms with van der Waals surface area (Å²) in [5.74, 6) is -1.34. The summed E-state index contributed by atoms with van der Waals surface area (Å²) < 4.78 is 49.0. The van der Waals surface area contributed by atoms with Crippen LogP contribution in [0.5, 0.6) is 5.75 Å². The molecule has 0 radical (unpaired) electrons. The van der Waals surface area contributed by atoms with Crippen LogP contribution >= 0.6 is 11.6 Å². The number of nitrogens with one attached hydrogen (secondary N) is 1. The van der Waals surface area contributed by atoms with Crippen LogP contribution in [0.25, 0.3) is 0 Å². The van der Waals surface area contributed by atoms with Crippen molar-refractivity contribution in [2.75, 3.05) is 18.5 Å². The molecule has 0 aromatic heterocycles. The third-order valence-corrected chi connectivity index (χ3v) is 3.81. The van der Waals surface area contributed by atoms with E-state index < -0.39 is 42.5 Å². The van der Waals surface area contributed by atoms with Crippen molar-refractivity contribution in [1.82, 2.24) is 0 Å². The Balaban J connectivity index is 1.90. The minimum Gasteiger partial charge on any atom is -0.482 e. The van der Waals surface area contributed by atoms with Gasteiger partial charge in [-0.3, -0.25) is 4.79 Å². The zero-order valence-electron chi connectivity index (χ0n) is 15.0. The van der Waals surface area contributed by atoms with E-state index in [9.17, 15) is 22.8 Å². The fraction of sp³-hybridized carbons (Fsp3) is 0.263. The third-order valence-electron chi connectivity index (χ3n) is 3.50. The molecule has 5 nitrogen and oxygen atoms in total. The van der Waals surface area contributed by atoms with Crippen LogP contribution in [0.2, 0.25) is 5.02 Å². The molecule has 0 fully saturated rings. The molecule has 2 aromatic rings. The highest BCUT2D eigenvalue weighted by Gasteiger charge is 2.34. The maximum absolute atomic E-state index is 13.0. The average molecular weight is 416 g/mol. The number of aryl methyl sites for hydroxylation is 2. The SMILES string of the molecule is Cc1cc(C)cc(OCC(=O)OCC(=O)Nc2c(Cl)cccc2C(F)(F)F)c1. The molecule has 0 heterocycles. The zero-order valence-corrected chi connectivity index (χ0v) is 15.8. The highest BCUT2D eigenvalue weighted by molar-refractivity contribution is 6.34. The van der Waals surface area contributed by atoms with E-state index in [1.807, 2.05) is 25.2 Å². The molecule has 2 rings (SSSR count). The van der Waals surface area contributed by atoms with Crippen LogP contribution in [0, 0.1) is 13.8 Å². The quantitative estimate of drug-likeness (QED) is 0.704. The van der Waals surface area contributed by atoms with E-state index in [0.29, 0.717) is 5.75 Å². The first-order valence-corrected chi connectivity index (χ1v) is 8.46. The van der Waals surface area contributed by atoms with Gasteiger partial charge in [-0.1, -0.05) is 23.7 Å². The average Bonchev–Trinajstić information content (AvgIpc) is 2.58. The number of hydrogen-bond donors (Lipinski definition) is 1. The van der Waals surface area contributed by atoms with Crippen LogP contribution in [0.1, 0.15) is 16.7 Å². The minimum atomic E-state index is -4.70. The second kappa shape index (κ2) is 8.97. The topological polar surface area (TPSA) is 64.6 Å². The van der Waals surface area contributed by atoms with Gasteiger partial charge in [0.25, 0.3) is 5.91 Å². The summed E-state index contributed by atoms with van der Waals surface area (Å²) in [6.45, 7) is 2.51. The van der Waals surface area contributed by atoms with Crippen molar-refractivity contribution in [2.45, 2.75) is 20.0 Å². The van der Waals surface area contributed by atoms with Crippen molar-refractivity contribution >= 4 is 29.2 Å². The lowest BCUT2D eigenvalue weighted by molar-refractivity contribution is -0.149. The van der Waals surface area contributed by atoms with Crippen molar-refractivity contribution in [2.24, 2.45) is 0 Å². The van der Waals surface area contributed by atoms with Gasteiger partial charge < -0.3 is 14.8 Å². The summed E-state index contributed by atoms with van der Waals surface area (Å²) in [5.41, 5.74) is 0.202. The molecule has 0 saturated carbocycles. The third kappa shape index (κ3) is 6.16. The van der Waals surface area contributed by atoms with Crippen molar-refractivity contribution in [3.05, 3.63) is 58.1 Å². The summed E-state index contributed by atoms with van der Waals surface area (Å²) in [4.78, 5) is 23.6. The van der Waals surface area contributed by atoms with E-state index >= 15 is 0 Å². The standard InChI is InChI=1S/C19H17ClF3NO4/c1-11-6-12(2)8-13(7-11)27-10-17(26)28-9-16(25)24-18-14(19(21,22)23)4-3-5-15(18)20/h3-8H,9-10H2,1-2H3,(H,24,25). The van der Waals surface area contributed by atoms with Crippen molar-refractivity contribution in [1.29, 1.82) is 0 Å². The van der Waals surface area contributed by atoms with E-state index in [4.69, 9.17) is 21.1 Å². The molecule has 9 heteroatoms. The Morgan fingerprint density at radius 3 is 2.32 bits per heavy atom. The Kier molecular flexibility index (Phi) is 6.90. The molecule has 0 aliphatic heterocycles. The molecular weight excluding hydrogens is 399 g/mol. The molecule has 1 N–H and O–H groups in total. The van der Waals surface area contributed by atoms with Gasteiger partial charge in [0.05, 0.1) is 16.3 Å². The number of rotatable bonds is 6. The van der Waals surface area contributed by atoms with Crippen LogP contribution in [0.4, 0.5) is 18.9 Å². The predicted octanol–water partition coefficient (Wildman–Crippen LogP) is 4.54. The fourth-order valence-corrected chi connectivity index (χ4v) is 2.63. The van der Waals surface area contributed by atoms with Crippen LogP contribution in [-0.2, 0) is 20.5 Å². The highest BCUT2D eigenvalue weighted by atomic mass is 35.5. The maximum Gasteiger partial charge on any atom is 0.418 e. The second-order valence-corrected chi connectivity index (χ2v) is 6.39. The molecule has 0 saturated heterocycles. The van der Waals surface area contributed by atoms with Gasteiger partial charge in [-0.15, -0.1) is 0 Å². The lowest BCUT2D eigenvalue weighted by Crippen LogP contribution is -2.25. The number of carbonyl (C=O) groups excluding carboxylic acids is 2. The fourth-order valence-electron chi connectivity index (χ4n) is 2.41. The number of alkyl halides is 3. The summed E-state index contributed by atoms with van der Waals surface area (Å²) in [5, 5.41) is 1.74. The second-order valence-electron chi connectivity index (χ2n) is 5.98. The normalized spacial score (nSPS) is 11.1. The van der Waals surface area contributed by atoms with Gasteiger partial charge >= 0.3 is 12.1 Å². The Hall–Kier alpha value is -2.74. The number of esters is 1. The van der Waals surface area contributed by atoms with E-state index in [1.165, 1.54) is 6.07 Å². The number of ether oxygens (including phenoxy) is 2. The maximum atomic E-state index is 13.0. The molecule has 0 bridgehead atoms. The highest BCUT2D eigenvalue weighted by Crippen LogP contribution is 2.38. The van der Waals surface area contributed by atoms with E-state index in [2.05, 4.69) is 0 Å². The summed E-state index contributed by atoms with van der Waals surface area (Å²) in [7, 11) is 0. The number of hydrogen-bond acceptors (Lipinski definition) is 4. The minimum absolute atomic E-state index is 0.285. The molecule has 0 atom stereocenters. The van der Waals surface area contributed by atoms with Gasteiger partial charge in [-0.25, -0.2) is 4.79 Å². The number of amides is 1. The number of para-hydroxylation sites is 1. The summed E-state index contributed by atoms with van der Waals surface area (Å²) >= 11 is 5.74. The number of halogens is 4. The largest absolute Gasteiger partial charge is 0.482 e. The molecule has 2 aromatic carbocycles. The van der Waals surface area contributed by atoms with Gasteiger partial charge in [0.15, 0.2) is 13.2 Å². The van der Waals surface area contributed by atoms with Gasteiger partial charge in [0, 0.05) is 0 Å². The molecule has 150 valence electrons. The Bertz CT molecular complexity index is 864. The lowest BCUT2D eigenvalue weighted by atomic mass is 10.1. The molecule has 0 unspecified atom stereocenters. The summed E-state index contributed by atoms with van der Waals surface area (Å²) in [6.07, 6.45) is -4.70. The van der Waals surface area contributed by atoms with Crippen LogP contribution in [0.15, 0.2) is 36.4 Å². The van der Waals surface area contributed by atoms with E-state index in [1.54, 1.807) is 12.1 Å². The van der Waals surface area contributed by atoms with Gasteiger partial charge in [-0.2, -0.15) is 13.2 Å². The zero-order chi connectivity index (χ0) is 20.9. The first-order valence-electron chi connectivity index (χ1n) is 8.08. The Morgan fingerprint density at radius 2 is 1.71 bits per heavy atom. The van der Waals surface area contributed by atoms with Crippen LogP contribution < -0.4 is 10.1 Å². The van der Waals surface area contributed by atoms with E-state index in [0.717, 1.165) is 23.3 Å².